The summed E-state index contributed by atoms with van der Waals surface area (Å²) in [5.41, 5.74) is 1.77. The molecule has 5 nitrogen and oxygen atoms in total. The molecule has 0 saturated heterocycles. The minimum Gasteiger partial charge on any atom is -0.478 e. The summed E-state index contributed by atoms with van der Waals surface area (Å²) in [5.74, 6) is -1.04. The second-order valence-electron chi connectivity index (χ2n) is 6.13. The Bertz CT molecular complexity index is 763. The maximum absolute atomic E-state index is 12.3. The third-order valence-corrected chi connectivity index (χ3v) is 2.99. The molecule has 0 atom stereocenters. The third kappa shape index (κ3) is 3.55. The topological polar surface area (TPSA) is 68.5 Å². The number of rotatable bonds is 2. The largest absolute Gasteiger partial charge is 0.478 e. The summed E-state index contributed by atoms with van der Waals surface area (Å²) in [6.45, 7) is 7.33. The fourth-order valence-electron chi connectivity index (χ4n) is 2.13. The van der Waals surface area contributed by atoms with Gasteiger partial charge in [0.25, 0.3) is 0 Å². The van der Waals surface area contributed by atoms with Gasteiger partial charge in [-0.3, -0.25) is 4.57 Å². The van der Waals surface area contributed by atoms with Crippen molar-refractivity contribution in [2.24, 2.45) is 0 Å². The van der Waals surface area contributed by atoms with Crippen LogP contribution < -0.4 is 0 Å². The van der Waals surface area contributed by atoms with Gasteiger partial charge < -0.3 is 9.84 Å². The fraction of sp³-hybridized carbons (Fsp3) is 0.294. The first-order valence-electron chi connectivity index (χ1n) is 6.93. The summed E-state index contributed by atoms with van der Waals surface area (Å²) in [6, 6.07) is 5.64. The Balaban J connectivity index is 2.56. The summed E-state index contributed by atoms with van der Waals surface area (Å²) >= 11 is 0. The SMILES string of the molecule is Cc1ccc2c(c1)c(C=CC(=O)O)cn2C(=O)OC(C)(C)C. The monoisotopic (exact) mass is 301 g/mol. The highest BCUT2D eigenvalue weighted by molar-refractivity contribution is 5.98. The average Bonchev–Trinajstić information content (AvgIpc) is 2.72. The van der Waals surface area contributed by atoms with Gasteiger partial charge in [-0.15, -0.1) is 0 Å². The predicted octanol–water partition coefficient (Wildman–Crippen LogP) is 3.83. The van der Waals surface area contributed by atoms with Crippen LogP contribution in [0.3, 0.4) is 0 Å². The molecule has 1 aromatic carbocycles. The van der Waals surface area contributed by atoms with Crippen molar-refractivity contribution in [2.75, 3.05) is 0 Å². The van der Waals surface area contributed by atoms with E-state index in [-0.39, 0.29) is 0 Å². The van der Waals surface area contributed by atoms with Crippen LogP contribution in [0, 0.1) is 6.92 Å². The molecule has 0 saturated carbocycles. The van der Waals surface area contributed by atoms with Crippen LogP contribution in [0.5, 0.6) is 0 Å². The molecule has 1 heterocycles. The Labute approximate surface area is 128 Å². The van der Waals surface area contributed by atoms with E-state index in [2.05, 4.69) is 0 Å². The zero-order valence-electron chi connectivity index (χ0n) is 13.1. The van der Waals surface area contributed by atoms with E-state index in [1.54, 1.807) is 27.0 Å². The molecular weight excluding hydrogens is 282 g/mol. The van der Waals surface area contributed by atoms with Crippen LogP contribution in [-0.4, -0.2) is 27.3 Å². The third-order valence-electron chi connectivity index (χ3n) is 2.99. The molecular formula is C17H19NO4. The highest BCUT2D eigenvalue weighted by atomic mass is 16.6. The van der Waals surface area contributed by atoms with Crippen molar-refractivity contribution < 1.29 is 19.4 Å². The van der Waals surface area contributed by atoms with Crippen molar-refractivity contribution in [2.45, 2.75) is 33.3 Å². The number of ether oxygens (including phenoxy) is 1. The number of hydrogen-bond donors (Lipinski definition) is 1. The first kappa shape index (κ1) is 15.8. The molecule has 2 rings (SSSR count). The van der Waals surface area contributed by atoms with E-state index in [0.717, 1.165) is 17.0 Å². The van der Waals surface area contributed by atoms with Gasteiger partial charge in [-0.25, -0.2) is 9.59 Å². The number of carboxylic acid groups (broad SMARTS) is 1. The number of fused-ring (bicyclic) bond motifs is 1. The normalized spacial score (nSPS) is 12.0. The number of carboxylic acids is 1. The lowest BCUT2D eigenvalue weighted by Crippen LogP contribution is -2.26. The van der Waals surface area contributed by atoms with Crippen LogP contribution in [0.25, 0.3) is 17.0 Å². The molecule has 1 N–H and O–H groups in total. The maximum atomic E-state index is 12.3. The minimum atomic E-state index is -1.04. The number of aryl methyl sites for hydroxylation is 1. The van der Waals surface area contributed by atoms with Gasteiger partial charge in [-0.2, -0.15) is 0 Å². The molecule has 0 radical (unpaired) electrons. The van der Waals surface area contributed by atoms with Crippen LogP contribution in [-0.2, 0) is 9.53 Å². The van der Waals surface area contributed by atoms with Crippen LogP contribution in [0.2, 0.25) is 0 Å². The molecule has 0 bridgehead atoms. The van der Waals surface area contributed by atoms with Gasteiger partial charge in [-0.05, 0) is 45.9 Å². The summed E-state index contributed by atoms with van der Waals surface area (Å²) in [6.07, 6.45) is 3.63. The standard InChI is InChI=1S/C17H19NO4/c1-11-5-7-14-13(9-11)12(6-8-15(19)20)10-18(14)16(21)22-17(2,3)4/h5-10H,1-4H3,(H,19,20). The van der Waals surface area contributed by atoms with Gasteiger partial charge in [0.1, 0.15) is 5.60 Å². The first-order chi connectivity index (χ1) is 10.2. The Morgan fingerprint density at radius 1 is 1.27 bits per heavy atom. The van der Waals surface area contributed by atoms with E-state index in [4.69, 9.17) is 9.84 Å². The second kappa shape index (κ2) is 5.67. The van der Waals surface area contributed by atoms with Gasteiger partial charge in [0.05, 0.1) is 5.52 Å². The van der Waals surface area contributed by atoms with E-state index in [1.165, 1.54) is 10.6 Å². The summed E-state index contributed by atoms with van der Waals surface area (Å²) in [7, 11) is 0. The summed E-state index contributed by atoms with van der Waals surface area (Å²) in [4.78, 5) is 23.0. The van der Waals surface area contributed by atoms with Crippen molar-refractivity contribution in [3.05, 3.63) is 41.6 Å². The molecule has 0 aliphatic heterocycles. The molecule has 0 aliphatic carbocycles. The van der Waals surface area contributed by atoms with Crippen LogP contribution in [0.1, 0.15) is 31.9 Å². The molecule has 0 unspecified atom stereocenters. The Morgan fingerprint density at radius 3 is 2.55 bits per heavy atom. The van der Waals surface area contributed by atoms with E-state index in [0.29, 0.717) is 11.1 Å². The highest BCUT2D eigenvalue weighted by Crippen LogP contribution is 2.25. The number of nitrogens with zero attached hydrogens (tertiary/aromatic N) is 1. The van der Waals surface area contributed by atoms with E-state index < -0.39 is 17.7 Å². The first-order valence-corrected chi connectivity index (χ1v) is 6.93. The van der Waals surface area contributed by atoms with Crippen LogP contribution >= 0.6 is 0 Å². The fourth-order valence-corrected chi connectivity index (χ4v) is 2.13. The zero-order chi connectivity index (χ0) is 16.5. The van der Waals surface area contributed by atoms with E-state index >= 15 is 0 Å². The summed E-state index contributed by atoms with van der Waals surface area (Å²) < 4.78 is 6.79. The molecule has 1 aromatic heterocycles. The molecule has 0 spiro atoms. The molecule has 0 fully saturated rings. The molecule has 0 amide bonds. The van der Waals surface area contributed by atoms with Crippen molar-refractivity contribution in [3.8, 4) is 0 Å². The Morgan fingerprint density at radius 2 is 1.95 bits per heavy atom. The van der Waals surface area contributed by atoms with Crippen LogP contribution in [0.15, 0.2) is 30.5 Å². The number of aliphatic carboxylic acids is 1. The van der Waals surface area contributed by atoms with Gasteiger partial charge in [0.2, 0.25) is 0 Å². The number of aromatic nitrogens is 1. The highest BCUT2D eigenvalue weighted by Gasteiger charge is 2.20. The number of carbonyl (C=O) groups excluding carboxylic acids is 1. The maximum Gasteiger partial charge on any atom is 0.419 e. The van der Waals surface area contributed by atoms with Crippen molar-refractivity contribution >= 4 is 29.0 Å². The number of carbonyl (C=O) groups is 2. The van der Waals surface area contributed by atoms with E-state index in [1.807, 2.05) is 25.1 Å². The minimum absolute atomic E-state index is 0.490. The zero-order valence-corrected chi connectivity index (χ0v) is 13.1. The molecule has 116 valence electrons. The lowest BCUT2D eigenvalue weighted by Gasteiger charge is -2.19. The van der Waals surface area contributed by atoms with Crippen molar-refractivity contribution in [1.29, 1.82) is 0 Å². The molecule has 2 aromatic rings. The summed E-state index contributed by atoms with van der Waals surface area (Å²) in [5, 5.41) is 9.59. The van der Waals surface area contributed by atoms with Crippen molar-refractivity contribution in [1.82, 2.24) is 4.57 Å². The lowest BCUT2D eigenvalue weighted by atomic mass is 10.1. The lowest BCUT2D eigenvalue weighted by molar-refractivity contribution is -0.131. The van der Waals surface area contributed by atoms with Gasteiger partial charge >= 0.3 is 12.1 Å². The second-order valence-corrected chi connectivity index (χ2v) is 6.13. The molecule has 0 aliphatic rings. The quantitative estimate of drug-likeness (QED) is 0.856. The van der Waals surface area contributed by atoms with Crippen molar-refractivity contribution in [3.63, 3.8) is 0 Å². The number of hydrogen-bond acceptors (Lipinski definition) is 3. The Hall–Kier alpha value is -2.56. The van der Waals surface area contributed by atoms with Gasteiger partial charge in [0.15, 0.2) is 0 Å². The average molecular weight is 301 g/mol. The van der Waals surface area contributed by atoms with Gasteiger partial charge in [-0.1, -0.05) is 11.6 Å². The predicted molar refractivity (Wildman–Crippen MR) is 85.0 cm³/mol. The Kier molecular flexibility index (Phi) is 4.08. The van der Waals surface area contributed by atoms with Crippen LogP contribution in [0.4, 0.5) is 4.79 Å². The number of benzene rings is 1. The smallest absolute Gasteiger partial charge is 0.419 e. The molecule has 22 heavy (non-hydrogen) atoms. The van der Waals surface area contributed by atoms with E-state index in [9.17, 15) is 9.59 Å². The van der Waals surface area contributed by atoms with Gasteiger partial charge in [0, 0.05) is 23.2 Å². The molecule has 5 heteroatoms.